The summed E-state index contributed by atoms with van der Waals surface area (Å²) in [7, 11) is -2.03. The molecule has 2 aromatic carbocycles. The van der Waals surface area contributed by atoms with Gasteiger partial charge in [0, 0.05) is 18.9 Å². The molecule has 0 bridgehead atoms. The molecule has 0 radical (unpaired) electrons. The molecule has 0 saturated carbocycles. The Morgan fingerprint density at radius 3 is 2.29 bits per heavy atom. The molecule has 2 heterocycles. The van der Waals surface area contributed by atoms with Crippen LogP contribution in [0.15, 0.2) is 59.8 Å². The fraction of sp³-hybridized carbons (Fsp3) is 0.227. The van der Waals surface area contributed by atoms with E-state index in [0.717, 1.165) is 39.3 Å². The minimum absolute atomic E-state index is 0.300. The molecule has 0 spiro atoms. The number of aryl methyl sites for hydroxylation is 2. The monoisotopic (exact) mass is 394 g/mol. The highest BCUT2D eigenvalue weighted by molar-refractivity contribution is 7.92. The highest BCUT2D eigenvalue weighted by atomic mass is 32.2. The normalized spacial score (nSPS) is 13.5. The summed E-state index contributed by atoms with van der Waals surface area (Å²) in [5, 5.41) is 0. The number of anilines is 1. The Morgan fingerprint density at radius 1 is 0.964 bits per heavy atom. The van der Waals surface area contributed by atoms with Crippen LogP contribution in [0.1, 0.15) is 16.7 Å². The average molecular weight is 394 g/mol. The van der Waals surface area contributed by atoms with Gasteiger partial charge in [-0.25, -0.2) is 8.42 Å². The van der Waals surface area contributed by atoms with E-state index in [4.69, 9.17) is 4.74 Å². The van der Waals surface area contributed by atoms with Crippen LogP contribution in [-0.2, 0) is 16.4 Å². The molecule has 1 aliphatic rings. The Bertz CT molecular complexity index is 1120. The number of benzene rings is 2. The van der Waals surface area contributed by atoms with Crippen molar-refractivity contribution in [2.45, 2.75) is 25.2 Å². The summed E-state index contributed by atoms with van der Waals surface area (Å²) < 4.78 is 33.5. The van der Waals surface area contributed by atoms with Crippen LogP contribution in [-0.4, -0.2) is 27.1 Å². The van der Waals surface area contributed by atoms with Gasteiger partial charge in [0.15, 0.2) is 0 Å². The van der Waals surface area contributed by atoms with E-state index in [2.05, 4.69) is 11.1 Å². The summed E-state index contributed by atoms with van der Waals surface area (Å²) >= 11 is 0. The van der Waals surface area contributed by atoms with Crippen LogP contribution >= 0.6 is 0 Å². The van der Waals surface area contributed by atoms with E-state index in [0.29, 0.717) is 17.9 Å². The third-order valence-corrected chi connectivity index (χ3v) is 6.96. The number of rotatable bonds is 4. The van der Waals surface area contributed by atoms with Crippen molar-refractivity contribution in [3.8, 4) is 16.9 Å². The first-order valence-corrected chi connectivity index (χ1v) is 10.6. The Kier molecular flexibility index (Phi) is 4.59. The van der Waals surface area contributed by atoms with Crippen LogP contribution in [0, 0.1) is 13.8 Å². The van der Waals surface area contributed by atoms with Gasteiger partial charge in [-0.15, -0.1) is 0 Å². The molecular weight excluding hydrogens is 372 g/mol. The van der Waals surface area contributed by atoms with Crippen LogP contribution in [0.2, 0.25) is 0 Å². The van der Waals surface area contributed by atoms with Gasteiger partial charge in [0.05, 0.1) is 17.7 Å². The lowest BCUT2D eigenvalue weighted by Gasteiger charge is -2.21. The van der Waals surface area contributed by atoms with Crippen molar-refractivity contribution in [1.29, 1.82) is 0 Å². The second kappa shape index (κ2) is 6.95. The molecular formula is C22H22N2O3S. The second-order valence-electron chi connectivity index (χ2n) is 7.00. The molecule has 0 fully saturated rings. The molecule has 0 aliphatic carbocycles. The lowest BCUT2D eigenvalue weighted by molar-refractivity contribution is 0.408. The van der Waals surface area contributed by atoms with Gasteiger partial charge in [-0.3, -0.25) is 9.29 Å². The van der Waals surface area contributed by atoms with Gasteiger partial charge in [0.25, 0.3) is 10.0 Å². The standard InChI is InChI=1S/C22H22N2O3S/c1-15-12-20(13-16(2)22(15)27-3)28(25,26)24-11-8-19-14-18(4-5-21(19)24)17-6-9-23-10-7-17/h4-7,9-10,12-14H,8,11H2,1-3H3. The first-order chi connectivity index (χ1) is 13.4. The Morgan fingerprint density at radius 2 is 1.64 bits per heavy atom. The van der Waals surface area contributed by atoms with Crippen LogP contribution < -0.4 is 9.04 Å². The molecule has 28 heavy (non-hydrogen) atoms. The maximum atomic E-state index is 13.3. The summed E-state index contributed by atoms with van der Waals surface area (Å²) in [6.07, 6.45) is 4.21. The Hall–Kier alpha value is -2.86. The van der Waals surface area contributed by atoms with Crippen molar-refractivity contribution in [2.75, 3.05) is 18.0 Å². The van der Waals surface area contributed by atoms with E-state index < -0.39 is 10.0 Å². The molecule has 0 saturated heterocycles. The van der Waals surface area contributed by atoms with E-state index in [1.54, 1.807) is 31.6 Å². The molecule has 4 rings (SSSR count). The number of sulfonamides is 1. The van der Waals surface area contributed by atoms with E-state index in [9.17, 15) is 8.42 Å². The SMILES string of the molecule is COc1c(C)cc(S(=O)(=O)N2CCc3cc(-c4ccncc4)ccc32)cc1C. The topological polar surface area (TPSA) is 59.5 Å². The lowest BCUT2D eigenvalue weighted by Crippen LogP contribution is -2.29. The Labute approximate surface area is 165 Å². The summed E-state index contributed by atoms with van der Waals surface area (Å²) in [4.78, 5) is 4.35. The van der Waals surface area contributed by atoms with Crippen molar-refractivity contribution in [3.63, 3.8) is 0 Å². The molecule has 6 heteroatoms. The minimum Gasteiger partial charge on any atom is -0.496 e. The summed E-state index contributed by atoms with van der Waals surface area (Å²) in [6, 6.07) is 13.2. The number of pyridine rings is 1. The zero-order valence-electron chi connectivity index (χ0n) is 16.1. The first kappa shape index (κ1) is 18.5. The second-order valence-corrected chi connectivity index (χ2v) is 8.86. The quantitative estimate of drug-likeness (QED) is 0.668. The van der Waals surface area contributed by atoms with E-state index in [-0.39, 0.29) is 0 Å². The predicted octanol–water partition coefficient (Wildman–Crippen LogP) is 4.13. The third kappa shape index (κ3) is 3.03. The largest absolute Gasteiger partial charge is 0.496 e. The highest BCUT2D eigenvalue weighted by Gasteiger charge is 2.31. The van der Waals surface area contributed by atoms with Gasteiger partial charge in [0.1, 0.15) is 5.75 Å². The van der Waals surface area contributed by atoms with Crippen molar-refractivity contribution in [3.05, 3.63) is 71.5 Å². The van der Waals surface area contributed by atoms with E-state index in [1.807, 2.05) is 38.1 Å². The summed E-state index contributed by atoms with van der Waals surface area (Å²) in [5.41, 5.74) is 5.56. The maximum Gasteiger partial charge on any atom is 0.264 e. The molecule has 1 aliphatic heterocycles. The van der Waals surface area contributed by atoms with Crippen molar-refractivity contribution < 1.29 is 13.2 Å². The molecule has 144 valence electrons. The maximum absolute atomic E-state index is 13.3. The third-order valence-electron chi connectivity index (χ3n) is 5.17. The van der Waals surface area contributed by atoms with Gasteiger partial charge in [0.2, 0.25) is 0 Å². The predicted molar refractivity (Wildman–Crippen MR) is 110 cm³/mol. The Balaban J connectivity index is 1.73. The zero-order valence-corrected chi connectivity index (χ0v) is 17.0. The van der Waals surface area contributed by atoms with Gasteiger partial charge < -0.3 is 4.74 Å². The number of hydrogen-bond donors (Lipinski definition) is 0. The molecule has 0 atom stereocenters. The van der Waals surface area contributed by atoms with Crippen molar-refractivity contribution >= 4 is 15.7 Å². The first-order valence-electron chi connectivity index (χ1n) is 9.13. The molecule has 1 aromatic heterocycles. The van der Waals surface area contributed by atoms with Crippen molar-refractivity contribution in [2.24, 2.45) is 0 Å². The number of ether oxygens (including phenoxy) is 1. The van der Waals surface area contributed by atoms with Gasteiger partial charge in [-0.2, -0.15) is 0 Å². The van der Waals surface area contributed by atoms with Crippen LogP contribution in [0.3, 0.4) is 0 Å². The summed E-state index contributed by atoms with van der Waals surface area (Å²) in [6.45, 7) is 4.18. The van der Waals surface area contributed by atoms with Crippen LogP contribution in [0.25, 0.3) is 11.1 Å². The smallest absolute Gasteiger partial charge is 0.264 e. The average Bonchev–Trinajstić information content (AvgIpc) is 3.12. The van der Waals surface area contributed by atoms with Crippen LogP contribution in [0.4, 0.5) is 5.69 Å². The molecule has 3 aromatic rings. The van der Waals surface area contributed by atoms with Crippen molar-refractivity contribution in [1.82, 2.24) is 4.98 Å². The van der Waals surface area contributed by atoms with Gasteiger partial charge in [-0.1, -0.05) is 6.07 Å². The molecule has 0 N–H and O–H groups in total. The number of nitrogens with zero attached hydrogens (tertiary/aromatic N) is 2. The van der Waals surface area contributed by atoms with E-state index >= 15 is 0 Å². The number of methoxy groups -OCH3 is 1. The highest BCUT2D eigenvalue weighted by Crippen LogP contribution is 2.37. The molecule has 5 nitrogen and oxygen atoms in total. The zero-order chi connectivity index (χ0) is 19.9. The van der Waals surface area contributed by atoms with Gasteiger partial charge in [-0.05, 0) is 84.5 Å². The molecule has 0 unspecified atom stereocenters. The number of aromatic nitrogens is 1. The lowest BCUT2D eigenvalue weighted by atomic mass is 10.0. The fourth-order valence-electron chi connectivity index (χ4n) is 3.85. The fourth-order valence-corrected chi connectivity index (χ4v) is 5.53. The summed E-state index contributed by atoms with van der Waals surface area (Å²) in [5.74, 6) is 0.725. The number of fused-ring (bicyclic) bond motifs is 1. The minimum atomic E-state index is -3.63. The van der Waals surface area contributed by atoms with E-state index in [1.165, 1.54) is 4.31 Å². The number of hydrogen-bond acceptors (Lipinski definition) is 4. The molecule has 0 amide bonds. The van der Waals surface area contributed by atoms with Gasteiger partial charge >= 0.3 is 0 Å². The van der Waals surface area contributed by atoms with Crippen LogP contribution in [0.5, 0.6) is 5.75 Å².